The van der Waals surface area contributed by atoms with E-state index in [1.165, 1.54) is 18.4 Å². The largest absolute Gasteiger partial charge is 0.485 e. The molecular weight excluding hydrogens is 284 g/mol. The van der Waals surface area contributed by atoms with Crippen LogP contribution < -0.4 is 10.1 Å². The molecule has 1 aliphatic carbocycles. The summed E-state index contributed by atoms with van der Waals surface area (Å²) in [4.78, 5) is 2.66. The van der Waals surface area contributed by atoms with Crippen LogP contribution in [-0.4, -0.2) is 36.2 Å². The molecule has 3 unspecified atom stereocenters. The number of ether oxygens (including phenoxy) is 1. The highest BCUT2D eigenvalue weighted by molar-refractivity contribution is 6.30. The SMILES string of the molecule is CNC1CC2(CC(C)N(C3CC3)C2)Oc2ccc(Cl)cc21. The van der Waals surface area contributed by atoms with Crippen LogP contribution >= 0.6 is 11.6 Å². The van der Waals surface area contributed by atoms with E-state index in [1.807, 2.05) is 25.2 Å². The van der Waals surface area contributed by atoms with Gasteiger partial charge >= 0.3 is 0 Å². The Kier molecular flexibility index (Phi) is 3.21. The van der Waals surface area contributed by atoms with Gasteiger partial charge in [-0.05, 0) is 45.0 Å². The Balaban J connectivity index is 1.65. The Morgan fingerprint density at radius 3 is 2.86 bits per heavy atom. The van der Waals surface area contributed by atoms with Crippen LogP contribution in [0.5, 0.6) is 5.75 Å². The fourth-order valence-corrected chi connectivity index (χ4v) is 4.41. The van der Waals surface area contributed by atoms with Gasteiger partial charge in [-0.2, -0.15) is 0 Å². The van der Waals surface area contributed by atoms with Crippen LogP contribution in [0.25, 0.3) is 0 Å². The summed E-state index contributed by atoms with van der Waals surface area (Å²) in [5, 5.41) is 4.24. The zero-order chi connectivity index (χ0) is 14.6. The van der Waals surface area contributed by atoms with Gasteiger partial charge in [0.05, 0.1) is 0 Å². The van der Waals surface area contributed by atoms with E-state index < -0.39 is 0 Å². The van der Waals surface area contributed by atoms with Gasteiger partial charge in [-0.3, -0.25) is 4.90 Å². The number of nitrogens with one attached hydrogen (secondary N) is 1. The molecule has 1 spiro atoms. The molecule has 4 heteroatoms. The predicted molar refractivity (Wildman–Crippen MR) is 85.0 cm³/mol. The van der Waals surface area contributed by atoms with Crippen LogP contribution in [0.1, 0.15) is 44.2 Å². The van der Waals surface area contributed by atoms with E-state index in [0.717, 1.165) is 36.2 Å². The average Bonchev–Trinajstić information content (AvgIpc) is 3.25. The minimum absolute atomic E-state index is 0.0312. The first-order chi connectivity index (χ1) is 10.1. The van der Waals surface area contributed by atoms with Crippen molar-refractivity contribution in [3.63, 3.8) is 0 Å². The van der Waals surface area contributed by atoms with Crippen molar-refractivity contribution < 1.29 is 4.74 Å². The molecule has 0 aromatic heterocycles. The van der Waals surface area contributed by atoms with E-state index in [-0.39, 0.29) is 5.60 Å². The Hall–Kier alpha value is -0.770. The van der Waals surface area contributed by atoms with E-state index in [4.69, 9.17) is 16.3 Å². The van der Waals surface area contributed by atoms with Crippen LogP contribution in [0, 0.1) is 0 Å². The molecule has 1 aromatic rings. The third kappa shape index (κ3) is 2.36. The number of fused-ring (bicyclic) bond motifs is 1. The highest BCUT2D eigenvalue weighted by atomic mass is 35.5. The Morgan fingerprint density at radius 2 is 2.14 bits per heavy atom. The summed E-state index contributed by atoms with van der Waals surface area (Å²) >= 11 is 6.15. The zero-order valence-electron chi connectivity index (χ0n) is 12.7. The van der Waals surface area contributed by atoms with Crippen LogP contribution in [0.15, 0.2) is 18.2 Å². The lowest BCUT2D eigenvalue weighted by Crippen LogP contribution is -2.46. The fraction of sp³-hybridized carbons (Fsp3) is 0.647. The van der Waals surface area contributed by atoms with Crippen LogP contribution in [0.4, 0.5) is 0 Å². The van der Waals surface area contributed by atoms with E-state index in [2.05, 4.69) is 17.1 Å². The van der Waals surface area contributed by atoms with Gasteiger partial charge in [0.2, 0.25) is 0 Å². The smallest absolute Gasteiger partial charge is 0.125 e. The summed E-state index contributed by atoms with van der Waals surface area (Å²) in [6.07, 6.45) is 4.89. The molecule has 2 aliphatic heterocycles. The number of likely N-dealkylation sites (tertiary alicyclic amines) is 1. The maximum atomic E-state index is 6.51. The van der Waals surface area contributed by atoms with Crippen molar-refractivity contribution in [2.45, 2.75) is 56.3 Å². The van der Waals surface area contributed by atoms with Crippen molar-refractivity contribution in [3.8, 4) is 5.75 Å². The minimum atomic E-state index is -0.0312. The van der Waals surface area contributed by atoms with Gasteiger partial charge in [-0.15, -0.1) is 0 Å². The van der Waals surface area contributed by atoms with Crippen molar-refractivity contribution in [3.05, 3.63) is 28.8 Å². The quantitative estimate of drug-likeness (QED) is 0.906. The molecule has 2 heterocycles. The van der Waals surface area contributed by atoms with Crippen molar-refractivity contribution in [1.29, 1.82) is 0 Å². The molecule has 1 aromatic carbocycles. The number of benzene rings is 1. The monoisotopic (exact) mass is 306 g/mol. The summed E-state index contributed by atoms with van der Waals surface area (Å²) < 4.78 is 6.51. The van der Waals surface area contributed by atoms with Crippen molar-refractivity contribution in [1.82, 2.24) is 10.2 Å². The van der Waals surface area contributed by atoms with Crippen LogP contribution in [0.2, 0.25) is 5.02 Å². The molecule has 0 bridgehead atoms. The van der Waals surface area contributed by atoms with Gasteiger partial charge < -0.3 is 10.1 Å². The summed E-state index contributed by atoms with van der Waals surface area (Å²) in [6.45, 7) is 3.42. The van der Waals surface area contributed by atoms with Gasteiger partial charge in [-0.25, -0.2) is 0 Å². The molecule has 4 rings (SSSR count). The molecule has 0 amide bonds. The van der Waals surface area contributed by atoms with Gasteiger partial charge in [0.15, 0.2) is 0 Å². The van der Waals surface area contributed by atoms with E-state index in [0.29, 0.717) is 12.1 Å². The molecule has 3 aliphatic rings. The highest BCUT2D eigenvalue weighted by Gasteiger charge is 2.51. The fourth-order valence-electron chi connectivity index (χ4n) is 4.22. The van der Waals surface area contributed by atoms with Gasteiger partial charge in [-0.1, -0.05) is 11.6 Å². The lowest BCUT2D eigenvalue weighted by atomic mass is 9.85. The maximum absolute atomic E-state index is 6.51. The van der Waals surface area contributed by atoms with Crippen LogP contribution in [-0.2, 0) is 0 Å². The first-order valence-electron chi connectivity index (χ1n) is 8.02. The molecule has 114 valence electrons. The summed E-state index contributed by atoms with van der Waals surface area (Å²) in [7, 11) is 2.03. The molecule has 1 saturated heterocycles. The third-order valence-electron chi connectivity index (χ3n) is 5.32. The highest BCUT2D eigenvalue weighted by Crippen LogP contribution is 2.47. The zero-order valence-corrected chi connectivity index (χ0v) is 13.5. The summed E-state index contributed by atoms with van der Waals surface area (Å²) in [5.74, 6) is 1.01. The molecule has 1 saturated carbocycles. The molecule has 3 atom stereocenters. The Bertz CT molecular complexity index is 560. The second-order valence-corrected chi connectivity index (χ2v) is 7.41. The summed E-state index contributed by atoms with van der Waals surface area (Å²) in [6, 6.07) is 7.78. The third-order valence-corrected chi connectivity index (χ3v) is 5.55. The first kappa shape index (κ1) is 13.9. The minimum Gasteiger partial charge on any atom is -0.485 e. The molecule has 0 radical (unpaired) electrons. The second-order valence-electron chi connectivity index (χ2n) is 6.97. The van der Waals surface area contributed by atoms with Crippen molar-refractivity contribution in [2.75, 3.05) is 13.6 Å². The van der Waals surface area contributed by atoms with Crippen molar-refractivity contribution >= 4 is 11.6 Å². The van der Waals surface area contributed by atoms with E-state index in [9.17, 15) is 0 Å². The van der Waals surface area contributed by atoms with Gasteiger partial charge in [0.1, 0.15) is 11.4 Å². The van der Waals surface area contributed by atoms with E-state index >= 15 is 0 Å². The maximum Gasteiger partial charge on any atom is 0.125 e. The molecule has 3 nitrogen and oxygen atoms in total. The first-order valence-corrected chi connectivity index (χ1v) is 8.39. The summed E-state index contributed by atoms with van der Waals surface area (Å²) in [5.41, 5.74) is 1.17. The number of hydrogen-bond donors (Lipinski definition) is 1. The topological polar surface area (TPSA) is 24.5 Å². The molecule has 21 heavy (non-hydrogen) atoms. The lowest BCUT2D eigenvalue weighted by Gasteiger charge is -2.40. The number of rotatable bonds is 2. The van der Waals surface area contributed by atoms with Gasteiger partial charge in [0, 0.05) is 48.1 Å². The van der Waals surface area contributed by atoms with E-state index in [1.54, 1.807) is 0 Å². The second kappa shape index (κ2) is 4.87. The lowest BCUT2D eigenvalue weighted by molar-refractivity contribution is 0.0388. The predicted octanol–water partition coefficient (Wildman–Crippen LogP) is 3.38. The number of hydrogen-bond acceptors (Lipinski definition) is 3. The number of nitrogens with zero attached hydrogens (tertiary/aromatic N) is 1. The normalized spacial score (nSPS) is 35.8. The Morgan fingerprint density at radius 1 is 1.33 bits per heavy atom. The van der Waals surface area contributed by atoms with Crippen molar-refractivity contribution in [2.24, 2.45) is 0 Å². The Labute approximate surface area is 131 Å². The number of halogens is 1. The molecular formula is C17H23ClN2O. The van der Waals surface area contributed by atoms with Gasteiger partial charge in [0.25, 0.3) is 0 Å². The standard InChI is InChI=1S/C17H23ClN2O/c1-11-8-17(10-20(11)13-4-5-13)9-15(19-2)14-7-12(18)3-6-16(14)21-17/h3,6-7,11,13,15,19H,4-5,8-10H2,1-2H3. The molecule has 2 fully saturated rings. The molecule has 1 N–H and O–H groups in total. The average molecular weight is 307 g/mol. The van der Waals surface area contributed by atoms with Crippen LogP contribution in [0.3, 0.4) is 0 Å².